The average Bonchev–Trinajstić information content (AvgIpc) is 2.85. The quantitative estimate of drug-likeness (QED) is 0.792. The summed E-state index contributed by atoms with van der Waals surface area (Å²) in [6.45, 7) is 1.53. The predicted octanol–water partition coefficient (Wildman–Crippen LogP) is 1.70. The lowest BCUT2D eigenvalue weighted by Crippen LogP contribution is -2.42. The van der Waals surface area contributed by atoms with Crippen LogP contribution in [-0.2, 0) is 0 Å². The lowest BCUT2D eigenvalue weighted by atomic mass is 9.99. The zero-order valence-electron chi connectivity index (χ0n) is 9.97. The van der Waals surface area contributed by atoms with E-state index in [9.17, 15) is 4.79 Å². The fraction of sp³-hybridized carbons (Fsp3) is 0.615. The van der Waals surface area contributed by atoms with E-state index >= 15 is 0 Å². The van der Waals surface area contributed by atoms with Crippen molar-refractivity contribution < 1.29 is 14.3 Å². The number of aliphatic hydroxyl groups is 1. The van der Waals surface area contributed by atoms with Crippen molar-refractivity contribution in [1.82, 2.24) is 4.90 Å². The molecule has 0 aliphatic carbocycles. The number of furan rings is 1. The Labute approximate surface area is 101 Å². The van der Waals surface area contributed by atoms with E-state index < -0.39 is 0 Å². The van der Waals surface area contributed by atoms with Gasteiger partial charge in [0, 0.05) is 12.6 Å². The molecule has 4 heteroatoms. The Hall–Kier alpha value is -1.13. The number of carbonyl (C=O) groups is 1. The number of hydrogen-bond donors (Lipinski definition) is 1. The number of carbonyl (C=O) groups excluding carboxylic acids is 1. The van der Waals surface area contributed by atoms with Gasteiger partial charge in [-0.2, -0.15) is 0 Å². The van der Waals surface area contributed by atoms with Crippen LogP contribution in [0.15, 0.2) is 22.8 Å². The highest BCUT2D eigenvalue weighted by atomic mass is 16.3. The van der Waals surface area contributed by atoms with Gasteiger partial charge >= 0.3 is 0 Å². The van der Waals surface area contributed by atoms with Crippen LogP contribution in [0.4, 0.5) is 0 Å². The Bertz CT molecular complexity index is 346. The normalized spacial score (nSPS) is 21.6. The van der Waals surface area contributed by atoms with Crippen LogP contribution in [-0.4, -0.2) is 41.5 Å². The molecule has 94 valence electrons. The van der Waals surface area contributed by atoms with Gasteiger partial charge in [-0.05, 0) is 37.9 Å². The first-order chi connectivity index (χ1) is 8.31. The third kappa shape index (κ3) is 3.17. The third-order valence-corrected chi connectivity index (χ3v) is 3.35. The molecule has 0 radical (unpaired) electrons. The molecule has 1 aliphatic rings. The van der Waals surface area contributed by atoms with Crippen molar-refractivity contribution in [1.29, 1.82) is 0 Å². The maximum Gasteiger partial charge on any atom is 0.211 e. The first-order valence-corrected chi connectivity index (χ1v) is 6.23. The van der Waals surface area contributed by atoms with Gasteiger partial charge in [-0.1, -0.05) is 6.42 Å². The molecule has 0 aromatic carbocycles. The molecular weight excluding hydrogens is 218 g/mol. The fourth-order valence-corrected chi connectivity index (χ4v) is 2.44. The SMILES string of the molecule is O=C(CN1CCCCC1CCO)c1ccco1. The highest BCUT2D eigenvalue weighted by molar-refractivity contribution is 5.95. The average molecular weight is 237 g/mol. The minimum atomic E-state index is 0.0276. The summed E-state index contributed by atoms with van der Waals surface area (Å²) in [6, 6.07) is 3.77. The molecule has 0 amide bonds. The van der Waals surface area contributed by atoms with Gasteiger partial charge in [0.25, 0.3) is 0 Å². The van der Waals surface area contributed by atoms with Crippen molar-refractivity contribution in [3.8, 4) is 0 Å². The monoisotopic (exact) mass is 237 g/mol. The summed E-state index contributed by atoms with van der Waals surface area (Å²) >= 11 is 0. The van der Waals surface area contributed by atoms with E-state index in [0.717, 1.165) is 25.8 Å². The van der Waals surface area contributed by atoms with Crippen LogP contribution in [0.5, 0.6) is 0 Å². The second kappa shape index (κ2) is 5.98. The summed E-state index contributed by atoms with van der Waals surface area (Å²) in [6.07, 6.45) is 5.68. The summed E-state index contributed by atoms with van der Waals surface area (Å²) < 4.78 is 5.11. The number of aliphatic hydroxyl groups excluding tert-OH is 1. The van der Waals surface area contributed by atoms with Crippen LogP contribution in [0.2, 0.25) is 0 Å². The second-order valence-electron chi connectivity index (χ2n) is 4.53. The second-order valence-corrected chi connectivity index (χ2v) is 4.53. The predicted molar refractivity (Wildman–Crippen MR) is 64.0 cm³/mol. The Morgan fingerprint density at radius 3 is 3.12 bits per heavy atom. The van der Waals surface area contributed by atoms with Crippen LogP contribution in [0.3, 0.4) is 0 Å². The zero-order valence-corrected chi connectivity index (χ0v) is 9.97. The lowest BCUT2D eigenvalue weighted by Gasteiger charge is -2.34. The minimum Gasteiger partial charge on any atom is -0.461 e. The maximum atomic E-state index is 11.9. The number of nitrogens with zero attached hydrogens (tertiary/aromatic N) is 1. The molecule has 1 N–H and O–H groups in total. The van der Waals surface area contributed by atoms with Crippen LogP contribution >= 0.6 is 0 Å². The van der Waals surface area contributed by atoms with Gasteiger partial charge in [0.15, 0.2) is 5.76 Å². The molecule has 0 spiro atoms. The molecular formula is C13H19NO3. The van der Waals surface area contributed by atoms with Crippen molar-refractivity contribution in [2.24, 2.45) is 0 Å². The highest BCUT2D eigenvalue weighted by Crippen LogP contribution is 2.19. The van der Waals surface area contributed by atoms with E-state index in [1.807, 2.05) is 0 Å². The van der Waals surface area contributed by atoms with E-state index in [0.29, 0.717) is 18.3 Å². The number of hydrogen-bond acceptors (Lipinski definition) is 4. The van der Waals surface area contributed by atoms with E-state index in [1.54, 1.807) is 12.1 Å². The maximum absolute atomic E-state index is 11.9. The van der Waals surface area contributed by atoms with Crippen molar-refractivity contribution in [2.75, 3.05) is 19.7 Å². The van der Waals surface area contributed by atoms with Crippen molar-refractivity contribution >= 4 is 5.78 Å². The summed E-state index contributed by atoms with van der Waals surface area (Å²) in [5, 5.41) is 9.02. The number of ketones is 1. The molecule has 1 unspecified atom stereocenters. The number of Topliss-reactive ketones (excluding diaryl/α,β-unsaturated/α-hetero) is 1. The summed E-state index contributed by atoms with van der Waals surface area (Å²) in [5.74, 6) is 0.457. The standard InChI is InChI=1S/C13H19NO3/c15-8-6-11-4-1-2-7-14(11)10-12(16)13-5-3-9-17-13/h3,5,9,11,15H,1-2,4,6-8,10H2. The number of piperidine rings is 1. The van der Waals surface area contributed by atoms with Crippen LogP contribution in [0.1, 0.15) is 36.2 Å². The Balaban J connectivity index is 1.93. The minimum absolute atomic E-state index is 0.0276. The molecule has 1 fully saturated rings. The third-order valence-electron chi connectivity index (χ3n) is 3.35. The van der Waals surface area contributed by atoms with Crippen LogP contribution in [0.25, 0.3) is 0 Å². The first kappa shape index (κ1) is 12.3. The van der Waals surface area contributed by atoms with Crippen molar-refractivity contribution in [3.63, 3.8) is 0 Å². The summed E-state index contributed by atoms with van der Waals surface area (Å²) in [7, 11) is 0. The Kier molecular flexibility index (Phi) is 4.34. The zero-order chi connectivity index (χ0) is 12.1. The smallest absolute Gasteiger partial charge is 0.211 e. The molecule has 1 saturated heterocycles. The largest absolute Gasteiger partial charge is 0.461 e. The molecule has 0 bridgehead atoms. The van der Waals surface area contributed by atoms with Crippen LogP contribution < -0.4 is 0 Å². The molecule has 1 aliphatic heterocycles. The summed E-state index contributed by atoms with van der Waals surface area (Å²) in [4.78, 5) is 14.1. The Morgan fingerprint density at radius 2 is 2.41 bits per heavy atom. The van der Waals surface area contributed by atoms with Gasteiger partial charge in [0.05, 0.1) is 12.8 Å². The molecule has 4 nitrogen and oxygen atoms in total. The molecule has 2 rings (SSSR count). The molecule has 1 aromatic rings. The van der Waals surface area contributed by atoms with Gasteiger partial charge in [0.2, 0.25) is 5.78 Å². The van der Waals surface area contributed by atoms with E-state index in [2.05, 4.69) is 4.90 Å². The Morgan fingerprint density at radius 1 is 1.53 bits per heavy atom. The van der Waals surface area contributed by atoms with E-state index in [1.165, 1.54) is 12.7 Å². The van der Waals surface area contributed by atoms with Gasteiger partial charge in [0.1, 0.15) is 0 Å². The van der Waals surface area contributed by atoms with Crippen molar-refractivity contribution in [2.45, 2.75) is 31.7 Å². The molecule has 1 aromatic heterocycles. The molecule has 17 heavy (non-hydrogen) atoms. The first-order valence-electron chi connectivity index (χ1n) is 6.23. The van der Waals surface area contributed by atoms with Gasteiger partial charge in [-0.15, -0.1) is 0 Å². The van der Waals surface area contributed by atoms with Gasteiger partial charge in [-0.3, -0.25) is 9.69 Å². The number of rotatable bonds is 5. The van der Waals surface area contributed by atoms with Gasteiger partial charge in [-0.25, -0.2) is 0 Å². The molecule has 2 heterocycles. The topological polar surface area (TPSA) is 53.7 Å². The molecule has 0 saturated carbocycles. The van der Waals surface area contributed by atoms with Gasteiger partial charge < -0.3 is 9.52 Å². The van der Waals surface area contributed by atoms with E-state index in [4.69, 9.17) is 9.52 Å². The lowest BCUT2D eigenvalue weighted by molar-refractivity contribution is 0.0775. The highest BCUT2D eigenvalue weighted by Gasteiger charge is 2.24. The number of likely N-dealkylation sites (tertiary alicyclic amines) is 1. The summed E-state index contributed by atoms with van der Waals surface area (Å²) in [5.41, 5.74) is 0. The van der Waals surface area contributed by atoms with Crippen molar-refractivity contribution in [3.05, 3.63) is 24.2 Å². The fourth-order valence-electron chi connectivity index (χ4n) is 2.44. The van der Waals surface area contributed by atoms with E-state index in [-0.39, 0.29) is 12.4 Å². The van der Waals surface area contributed by atoms with Crippen LogP contribution in [0, 0.1) is 0 Å². The molecule has 1 atom stereocenters.